The molecule has 1 unspecified atom stereocenters. The standard InChI is InChI=1S/C15H19N3O3/c1-3-8-16-11-7-5-4-6-10(11)14(20)17-12-9-13(19)18(2)15(12)21/h4-7,12,16H,3,8-9H2,1-2H3,(H,17,20). The molecule has 1 aliphatic rings. The van der Waals surface area contributed by atoms with Crippen LogP contribution >= 0.6 is 0 Å². The molecule has 2 N–H and O–H groups in total. The maximum Gasteiger partial charge on any atom is 0.254 e. The summed E-state index contributed by atoms with van der Waals surface area (Å²) in [6.45, 7) is 2.79. The first-order valence-electron chi connectivity index (χ1n) is 6.98. The number of nitrogens with one attached hydrogen (secondary N) is 2. The normalized spacial score (nSPS) is 18.0. The summed E-state index contributed by atoms with van der Waals surface area (Å²) in [5.74, 6) is -0.995. The van der Waals surface area contributed by atoms with Gasteiger partial charge in [0.2, 0.25) is 5.91 Å². The number of amides is 3. The molecule has 0 aliphatic carbocycles. The van der Waals surface area contributed by atoms with Gasteiger partial charge in [0, 0.05) is 19.3 Å². The van der Waals surface area contributed by atoms with Crippen molar-refractivity contribution in [2.75, 3.05) is 18.9 Å². The third-order valence-corrected chi connectivity index (χ3v) is 3.42. The molecule has 112 valence electrons. The van der Waals surface area contributed by atoms with Crippen LogP contribution in [0.2, 0.25) is 0 Å². The molecule has 1 saturated heterocycles. The Morgan fingerprint density at radius 2 is 2.05 bits per heavy atom. The van der Waals surface area contributed by atoms with Crippen molar-refractivity contribution < 1.29 is 14.4 Å². The van der Waals surface area contributed by atoms with Crippen molar-refractivity contribution in [2.24, 2.45) is 0 Å². The minimum absolute atomic E-state index is 0.0195. The van der Waals surface area contributed by atoms with Gasteiger partial charge >= 0.3 is 0 Å². The van der Waals surface area contributed by atoms with E-state index in [1.165, 1.54) is 7.05 Å². The van der Waals surface area contributed by atoms with Crippen molar-refractivity contribution in [1.29, 1.82) is 0 Å². The van der Waals surface area contributed by atoms with Gasteiger partial charge in [0.25, 0.3) is 11.8 Å². The molecule has 1 aliphatic heterocycles. The lowest BCUT2D eigenvalue weighted by molar-refractivity contribution is -0.137. The summed E-state index contributed by atoms with van der Waals surface area (Å²) < 4.78 is 0. The summed E-state index contributed by atoms with van der Waals surface area (Å²) in [5.41, 5.74) is 1.20. The first kappa shape index (κ1) is 15.0. The number of carbonyl (C=O) groups excluding carboxylic acids is 3. The molecule has 1 atom stereocenters. The van der Waals surface area contributed by atoms with Gasteiger partial charge in [-0.3, -0.25) is 19.3 Å². The van der Waals surface area contributed by atoms with Crippen LogP contribution in [-0.4, -0.2) is 42.3 Å². The highest BCUT2D eigenvalue weighted by atomic mass is 16.2. The maximum absolute atomic E-state index is 12.3. The molecule has 21 heavy (non-hydrogen) atoms. The number of likely N-dealkylation sites (tertiary alicyclic amines) is 1. The average Bonchev–Trinajstić information content (AvgIpc) is 2.72. The Morgan fingerprint density at radius 1 is 1.33 bits per heavy atom. The van der Waals surface area contributed by atoms with E-state index in [0.717, 1.165) is 23.6 Å². The number of hydrogen-bond acceptors (Lipinski definition) is 4. The molecule has 1 fully saturated rings. The minimum atomic E-state index is -0.769. The highest BCUT2D eigenvalue weighted by molar-refractivity contribution is 6.08. The third-order valence-electron chi connectivity index (χ3n) is 3.42. The summed E-state index contributed by atoms with van der Waals surface area (Å²) in [6.07, 6.45) is 0.960. The molecule has 2 rings (SSSR count). The molecule has 1 aromatic carbocycles. The molecule has 6 nitrogen and oxygen atoms in total. The van der Waals surface area contributed by atoms with Crippen molar-refractivity contribution in [3.63, 3.8) is 0 Å². The summed E-state index contributed by atoms with van der Waals surface area (Å²) in [6, 6.07) is 6.35. The van der Waals surface area contributed by atoms with Crippen LogP contribution in [0, 0.1) is 0 Å². The fourth-order valence-corrected chi connectivity index (χ4v) is 2.20. The number of imide groups is 1. The lowest BCUT2D eigenvalue weighted by Gasteiger charge is -2.14. The molecule has 1 heterocycles. The van der Waals surface area contributed by atoms with Crippen molar-refractivity contribution >= 4 is 23.4 Å². The van der Waals surface area contributed by atoms with Crippen LogP contribution in [0.15, 0.2) is 24.3 Å². The fraction of sp³-hybridized carbons (Fsp3) is 0.400. The van der Waals surface area contributed by atoms with E-state index < -0.39 is 6.04 Å². The van der Waals surface area contributed by atoms with Gasteiger partial charge in [0.15, 0.2) is 0 Å². The van der Waals surface area contributed by atoms with E-state index in [0.29, 0.717) is 5.56 Å². The first-order valence-corrected chi connectivity index (χ1v) is 6.98. The van der Waals surface area contributed by atoms with E-state index in [2.05, 4.69) is 10.6 Å². The van der Waals surface area contributed by atoms with E-state index in [1.54, 1.807) is 12.1 Å². The average molecular weight is 289 g/mol. The number of benzene rings is 1. The molecular weight excluding hydrogens is 270 g/mol. The summed E-state index contributed by atoms with van der Waals surface area (Å²) in [7, 11) is 1.42. The Morgan fingerprint density at radius 3 is 2.67 bits per heavy atom. The molecular formula is C15H19N3O3. The number of para-hydroxylation sites is 1. The Bertz CT molecular complexity index is 571. The van der Waals surface area contributed by atoms with E-state index in [9.17, 15) is 14.4 Å². The van der Waals surface area contributed by atoms with Gasteiger partial charge in [0.1, 0.15) is 6.04 Å². The Balaban J connectivity index is 2.10. The topological polar surface area (TPSA) is 78.5 Å². The second-order valence-corrected chi connectivity index (χ2v) is 4.99. The van der Waals surface area contributed by atoms with Gasteiger partial charge in [-0.05, 0) is 18.6 Å². The number of nitrogens with zero attached hydrogens (tertiary/aromatic N) is 1. The van der Waals surface area contributed by atoms with Gasteiger partial charge < -0.3 is 10.6 Å². The van der Waals surface area contributed by atoms with Crippen LogP contribution in [0.3, 0.4) is 0 Å². The Kier molecular flexibility index (Phi) is 4.57. The Labute approximate surface area is 123 Å². The van der Waals surface area contributed by atoms with Gasteiger partial charge in [-0.1, -0.05) is 19.1 Å². The largest absolute Gasteiger partial charge is 0.384 e. The van der Waals surface area contributed by atoms with Crippen molar-refractivity contribution in [1.82, 2.24) is 10.2 Å². The molecule has 0 radical (unpaired) electrons. The number of likely N-dealkylation sites (N-methyl/N-ethyl adjacent to an activating group) is 1. The second-order valence-electron chi connectivity index (χ2n) is 4.99. The third kappa shape index (κ3) is 3.21. The van der Waals surface area contributed by atoms with E-state index >= 15 is 0 Å². The second kappa shape index (κ2) is 6.39. The zero-order valence-electron chi connectivity index (χ0n) is 12.2. The smallest absolute Gasteiger partial charge is 0.254 e. The van der Waals surface area contributed by atoms with Crippen LogP contribution < -0.4 is 10.6 Å². The molecule has 0 aromatic heterocycles. The monoisotopic (exact) mass is 289 g/mol. The van der Waals surface area contributed by atoms with Gasteiger partial charge in [-0.15, -0.1) is 0 Å². The van der Waals surface area contributed by atoms with Crippen LogP contribution in [0.25, 0.3) is 0 Å². The van der Waals surface area contributed by atoms with E-state index in [-0.39, 0.29) is 24.1 Å². The van der Waals surface area contributed by atoms with Crippen molar-refractivity contribution in [3.8, 4) is 0 Å². The zero-order chi connectivity index (χ0) is 15.4. The van der Waals surface area contributed by atoms with Crippen LogP contribution in [0.4, 0.5) is 5.69 Å². The molecule has 3 amide bonds. The lowest BCUT2D eigenvalue weighted by Crippen LogP contribution is -2.40. The van der Waals surface area contributed by atoms with E-state index in [4.69, 9.17) is 0 Å². The summed E-state index contributed by atoms with van der Waals surface area (Å²) in [4.78, 5) is 36.6. The highest BCUT2D eigenvalue weighted by Gasteiger charge is 2.37. The maximum atomic E-state index is 12.3. The molecule has 0 spiro atoms. The van der Waals surface area contributed by atoms with Crippen LogP contribution in [-0.2, 0) is 9.59 Å². The molecule has 1 aromatic rings. The van der Waals surface area contributed by atoms with E-state index in [1.807, 2.05) is 19.1 Å². The molecule has 0 bridgehead atoms. The molecule has 0 saturated carbocycles. The SMILES string of the molecule is CCCNc1ccccc1C(=O)NC1CC(=O)N(C)C1=O. The predicted octanol–water partition coefficient (Wildman–Crippen LogP) is 0.996. The highest BCUT2D eigenvalue weighted by Crippen LogP contribution is 2.17. The van der Waals surface area contributed by atoms with Gasteiger partial charge in [-0.2, -0.15) is 0 Å². The Hall–Kier alpha value is -2.37. The van der Waals surface area contributed by atoms with Crippen molar-refractivity contribution in [3.05, 3.63) is 29.8 Å². The number of carbonyl (C=O) groups is 3. The lowest BCUT2D eigenvalue weighted by atomic mass is 10.1. The predicted molar refractivity (Wildman–Crippen MR) is 78.9 cm³/mol. The van der Waals surface area contributed by atoms with Crippen LogP contribution in [0.1, 0.15) is 30.1 Å². The van der Waals surface area contributed by atoms with Crippen molar-refractivity contribution in [2.45, 2.75) is 25.8 Å². The number of hydrogen-bond donors (Lipinski definition) is 2. The molecule has 6 heteroatoms. The fourth-order valence-electron chi connectivity index (χ4n) is 2.20. The first-order chi connectivity index (χ1) is 10.0. The summed E-state index contributed by atoms with van der Waals surface area (Å²) >= 11 is 0. The number of rotatable bonds is 5. The summed E-state index contributed by atoms with van der Waals surface area (Å²) in [5, 5.41) is 5.81. The van der Waals surface area contributed by atoms with Gasteiger partial charge in [-0.25, -0.2) is 0 Å². The zero-order valence-corrected chi connectivity index (χ0v) is 12.2. The van der Waals surface area contributed by atoms with Crippen LogP contribution in [0.5, 0.6) is 0 Å². The quantitative estimate of drug-likeness (QED) is 0.793. The minimum Gasteiger partial charge on any atom is -0.384 e. The number of anilines is 1. The van der Waals surface area contributed by atoms with Gasteiger partial charge in [0.05, 0.1) is 12.0 Å².